The van der Waals surface area contributed by atoms with Gasteiger partial charge in [-0.3, -0.25) is 4.79 Å². The van der Waals surface area contributed by atoms with Gasteiger partial charge in [0.25, 0.3) is 0 Å². The van der Waals surface area contributed by atoms with Crippen LogP contribution in [0.4, 0.5) is 11.4 Å². The summed E-state index contributed by atoms with van der Waals surface area (Å²) < 4.78 is 0. The standard InChI is InChI=1S/C16H16ClNO/c1-3-18(15-6-4-5-12(2)9-15)16-8-7-14(17)10-13(16)11-19/h4-11H,3H2,1-2H3. The highest BCUT2D eigenvalue weighted by Crippen LogP contribution is 2.29. The van der Waals surface area contributed by atoms with Gasteiger partial charge in [-0.25, -0.2) is 0 Å². The van der Waals surface area contributed by atoms with E-state index in [2.05, 4.69) is 30.9 Å². The van der Waals surface area contributed by atoms with Gasteiger partial charge in [0, 0.05) is 22.8 Å². The number of carbonyl (C=O) groups excluding carboxylic acids is 1. The molecular weight excluding hydrogens is 258 g/mol. The Kier molecular flexibility index (Phi) is 4.23. The van der Waals surface area contributed by atoms with Crippen LogP contribution in [0.3, 0.4) is 0 Å². The van der Waals surface area contributed by atoms with Crippen molar-refractivity contribution < 1.29 is 4.79 Å². The molecule has 0 radical (unpaired) electrons. The first-order valence-corrected chi connectivity index (χ1v) is 6.62. The maximum Gasteiger partial charge on any atom is 0.152 e. The topological polar surface area (TPSA) is 20.3 Å². The Morgan fingerprint density at radius 1 is 1.21 bits per heavy atom. The average Bonchev–Trinajstić information content (AvgIpc) is 2.41. The van der Waals surface area contributed by atoms with E-state index < -0.39 is 0 Å². The monoisotopic (exact) mass is 273 g/mol. The lowest BCUT2D eigenvalue weighted by Gasteiger charge is -2.25. The van der Waals surface area contributed by atoms with Crippen LogP contribution in [0.15, 0.2) is 42.5 Å². The van der Waals surface area contributed by atoms with Gasteiger partial charge in [0.2, 0.25) is 0 Å². The first-order valence-electron chi connectivity index (χ1n) is 6.24. The quantitative estimate of drug-likeness (QED) is 0.758. The third-order valence-electron chi connectivity index (χ3n) is 3.04. The normalized spacial score (nSPS) is 10.3. The lowest BCUT2D eigenvalue weighted by molar-refractivity contribution is 0.112. The van der Waals surface area contributed by atoms with E-state index in [-0.39, 0.29) is 0 Å². The Bertz CT molecular complexity index is 595. The summed E-state index contributed by atoms with van der Waals surface area (Å²) in [5.74, 6) is 0. The fourth-order valence-corrected chi connectivity index (χ4v) is 2.33. The van der Waals surface area contributed by atoms with Crippen LogP contribution in [-0.2, 0) is 0 Å². The number of nitrogens with zero attached hydrogens (tertiary/aromatic N) is 1. The number of rotatable bonds is 4. The number of hydrogen-bond donors (Lipinski definition) is 0. The van der Waals surface area contributed by atoms with E-state index in [4.69, 9.17) is 11.6 Å². The van der Waals surface area contributed by atoms with Gasteiger partial charge in [0.05, 0.1) is 5.69 Å². The minimum atomic E-state index is 0.575. The van der Waals surface area contributed by atoms with Crippen molar-refractivity contribution in [2.24, 2.45) is 0 Å². The summed E-state index contributed by atoms with van der Waals surface area (Å²) in [6.07, 6.45) is 0.847. The molecule has 3 heteroatoms. The van der Waals surface area contributed by atoms with Crippen molar-refractivity contribution >= 4 is 29.3 Å². The van der Waals surface area contributed by atoms with Crippen molar-refractivity contribution in [3.63, 3.8) is 0 Å². The van der Waals surface area contributed by atoms with Crippen molar-refractivity contribution in [1.29, 1.82) is 0 Å². The zero-order chi connectivity index (χ0) is 13.8. The SMILES string of the molecule is CCN(c1cccc(C)c1)c1ccc(Cl)cc1C=O. The first kappa shape index (κ1) is 13.6. The fourth-order valence-electron chi connectivity index (χ4n) is 2.15. The highest BCUT2D eigenvalue weighted by molar-refractivity contribution is 6.31. The van der Waals surface area contributed by atoms with Crippen LogP contribution in [0.2, 0.25) is 5.02 Å². The molecule has 2 aromatic rings. The van der Waals surface area contributed by atoms with Gasteiger partial charge in [-0.05, 0) is 49.7 Å². The minimum absolute atomic E-state index is 0.575. The predicted octanol–water partition coefficient (Wildman–Crippen LogP) is 4.62. The second-order valence-electron chi connectivity index (χ2n) is 4.40. The molecule has 0 aliphatic rings. The summed E-state index contributed by atoms with van der Waals surface area (Å²) in [5.41, 5.74) is 3.76. The zero-order valence-electron chi connectivity index (χ0n) is 11.1. The Balaban J connectivity index is 2.50. The van der Waals surface area contributed by atoms with Gasteiger partial charge in [0.1, 0.15) is 0 Å². The molecule has 0 aliphatic carbocycles. The molecule has 98 valence electrons. The fraction of sp³-hybridized carbons (Fsp3) is 0.188. The van der Waals surface area contributed by atoms with Crippen molar-refractivity contribution in [3.05, 3.63) is 58.6 Å². The molecular formula is C16H16ClNO. The number of carbonyl (C=O) groups is 1. The second kappa shape index (κ2) is 5.89. The number of aryl methyl sites for hydroxylation is 1. The third-order valence-corrected chi connectivity index (χ3v) is 3.27. The zero-order valence-corrected chi connectivity index (χ0v) is 11.8. The molecule has 2 nitrogen and oxygen atoms in total. The summed E-state index contributed by atoms with van der Waals surface area (Å²) >= 11 is 5.94. The third kappa shape index (κ3) is 2.96. The van der Waals surface area contributed by atoms with E-state index in [1.54, 1.807) is 6.07 Å². The predicted molar refractivity (Wildman–Crippen MR) is 80.7 cm³/mol. The molecule has 19 heavy (non-hydrogen) atoms. The molecule has 2 rings (SSSR count). The van der Waals surface area contributed by atoms with Crippen LogP contribution in [0, 0.1) is 6.92 Å². The molecule has 0 bridgehead atoms. The lowest BCUT2D eigenvalue weighted by atomic mass is 10.1. The Hall–Kier alpha value is -1.80. The van der Waals surface area contributed by atoms with Gasteiger partial charge >= 0.3 is 0 Å². The van der Waals surface area contributed by atoms with Gasteiger partial charge in [-0.1, -0.05) is 23.7 Å². The number of benzene rings is 2. The molecule has 0 amide bonds. The molecule has 0 N–H and O–H groups in total. The second-order valence-corrected chi connectivity index (χ2v) is 4.84. The van der Waals surface area contributed by atoms with Gasteiger partial charge in [0.15, 0.2) is 6.29 Å². The first-order chi connectivity index (χ1) is 9.15. The smallest absolute Gasteiger partial charge is 0.152 e. The molecule has 0 atom stereocenters. The Morgan fingerprint density at radius 2 is 2.00 bits per heavy atom. The van der Waals surface area contributed by atoms with Crippen LogP contribution < -0.4 is 4.90 Å². The van der Waals surface area contributed by atoms with Crippen LogP contribution in [0.5, 0.6) is 0 Å². The van der Waals surface area contributed by atoms with Gasteiger partial charge in [-0.2, -0.15) is 0 Å². The Labute approximate surface area is 118 Å². The number of halogens is 1. The molecule has 0 aliphatic heterocycles. The van der Waals surface area contributed by atoms with E-state index in [0.717, 1.165) is 24.2 Å². The van der Waals surface area contributed by atoms with E-state index >= 15 is 0 Å². The maximum atomic E-state index is 11.2. The Morgan fingerprint density at radius 3 is 2.63 bits per heavy atom. The highest BCUT2D eigenvalue weighted by Gasteiger charge is 2.12. The van der Waals surface area contributed by atoms with E-state index in [0.29, 0.717) is 10.6 Å². The van der Waals surface area contributed by atoms with E-state index in [9.17, 15) is 4.79 Å². The maximum absolute atomic E-state index is 11.2. The highest BCUT2D eigenvalue weighted by atomic mass is 35.5. The molecule has 0 saturated heterocycles. The number of anilines is 2. The molecule has 0 aromatic heterocycles. The lowest BCUT2D eigenvalue weighted by Crippen LogP contribution is -2.17. The van der Waals surface area contributed by atoms with Crippen LogP contribution in [0.1, 0.15) is 22.8 Å². The van der Waals surface area contributed by atoms with Crippen molar-refractivity contribution in [2.75, 3.05) is 11.4 Å². The molecule has 0 spiro atoms. The van der Waals surface area contributed by atoms with Crippen molar-refractivity contribution in [2.45, 2.75) is 13.8 Å². The van der Waals surface area contributed by atoms with E-state index in [1.807, 2.05) is 24.3 Å². The van der Waals surface area contributed by atoms with Crippen molar-refractivity contribution in [1.82, 2.24) is 0 Å². The van der Waals surface area contributed by atoms with Gasteiger partial charge in [-0.15, -0.1) is 0 Å². The summed E-state index contributed by atoms with van der Waals surface area (Å²) in [7, 11) is 0. The van der Waals surface area contributed by atoms with Crippen LogP contribution in [-0.4, -0.2) is 12.8 Å². The van der Waals surface area contributed by atoms with Gasteiger partial charge < -0.3 is 4.90 Å². The molecule has 0 unspecified atom stereocenters. The number of aldehydes is 1. The minimum Gasteiger partial charge on any atom is -0.341 e. The molecule has 0 saturated carbocycles. The summed E-state index contributed by atoms with van der Waals surface area (Å²) in [5, 5.41) is 0.575. The molecule has 0 heterocycles. The largest absolute Gasteiger partial charge is 0.341 e. The summed E-state index contributed by atoms with van der Waals surface area (Å²) in [4.78, 5) is 13.3. The van der Waals surface area contributed by atoms with E-state index in [1.165, 1.54) is 5.56 Å². The number of hydrogen-bond acceptors (Lipinski definition) is 2. The molecule has 2 aromatic carbocycles. The van der Waals surface area contributed by atoms with Crippen LogP contribution in [0.25, 0.3) is 0 Å². The molecule has 0 fully saturated rings. The summed E-state index contributed by atoms with van der Waals surface area (Å²) in [6, 6.07) is 13.6. The van der Waals surface area contributed by atoms with Crippen LogP contribution >= 0.6 is 11.6 Å². The average molecular weight is 274 g/mol. The van der Waals surface area contributed by atoms with Crippen molar-refractivity contribution in [3.8, 4) is 0 Å². The summed E-state index contributed by atoms with van der Waals surface area (Å²) in [6.45, 7) is 4.90.